The Balaban J connectivity index is 2.07. The quantitative estimate of drug-likeness (QED) is 0.539. The van der Waals surface area contributed by atoms with Crippen LogP contribution in [0.1, 0.15) is 26.2 Å². The smallest absolute Gasteiger partial charge is 0.0110 e. The summed E-state index contributed by atoms with van der Waals surface area (Å²) in [5.74, 6) is 1.77. The van der Waals surface area contributed by atoms with Crippen LogP contribution in [0.5, 0.6) is 0 Å². The Hall–Kier alpha value is -0.0800. The molecule has 1 aliphatic heterocycles. The van der Waals surface area contributed by atoms with Crippen molar-refractivity contribution in [3.05, 3.63) is 0 Å². The molecule has 2 fully saturated rings. The van der Waals surface area contributed by atoms with E-state index in [1.807, 2.05) is 0 Å². The van der Waals surface area contributed by atoms with Crippen LogP contribution in [0.3, 0.4) is 0 Å². The molecule has 1 aliphatic carbocycles. The predicted molar refractivity (Wildman–Crippen MR) is 46.3 cm³/mol. The molecular weight excluding hydrogens is 136 g/mol. The van der Waals surface area contributed by atoms with Crippen molar-refractivity contribution in [1.82, 2.24) is 5.32 Å². The topological polar surface area (TPSA) is 38.0 Å². The first-order valence-corrected chi connectivity index (χ1v) is 4.76. The van der Waals surface area contributed by atoms with Gasteiger partial charge in [0.25, 0.3) is 0 Å². The lowest BCUT2D eigenvalue weighted by Crippen LogP contribution is -2.52. The number of fused-ring (bicyclic) bond motifs is 2. The lowest BCUT2D eigenvalue weighted by molar-refractivity contribution is 0.128. The third kappa shape index (κ3) is 1.30. The average molecular weight is 154 g/mol. The first-order chi connectivity index (χ1) is 5.27. The minimum atomic E-state index is 0.467. The zero-order valence-corrected chi connectivity index (χ0v) is 7.22. The molecule has 0 radical (unpaired) electrons. The number of nitrogens with two attached hydrogens (primary N) is 1. The number of nitrogens with one attached hydrogen (secondary N) is 1. The van der Waals surface area contributed by atoms with E-state index in [1.165, 1.54) is 25.8 Å². The summed E-state index contributed by atoms with van der Waals surface area (Å²) in [5.41, 5.74) is 5.95. The zero-order chi connectivity index (χ0) is 7.84. The Morgan fingerprint density at radius 1 is 1.36 bits per heavy atom. The van der Waals surface area contributed by atoms with Gasteiger partial charge in [-0.2, -0.15) is 0 Å². The molecule has 1 unspecified atom stereocenters. The molecule has 2 nitrogen and oxygen atoms in total. The SMILES string of the molecule is CC1[C@H]2CCN[C@@H]1C[C@H](N)C2. The molecular formula is C9H18N2. The van der Waals surface area contributed by atoms with Crippen LogP contribution >= 0.6 is 0 Å². The summed E-state index contributed by atoms with van der Waals surface area (Å²) in [5, 5.41) is 3.55. The molecule has 0 aromatic carbocycles. The third-order valence-corrected chi connectivity index (χ3v) is 3.46. The minimum absolute atomic E-state index is 0.467. The molecule has 1 saturated carbocycles. The first kappa shape index (κ1) is 7.56. The second-order valence-corrected chi connectivity index (χ2v) is 4.20. The Bertz CT molecular complexity index is 132. The molecule has 0 aromatic rings. The summed E-state index contributed by atoms with van der Waals surface area (Å²) in [6.07, 6.45) is 3.79. The highest BCUT2D eigenvalue weighted by Crippen LogP contribution is 2.34. The van der Waals surface area contributed by atoms with Gasteiger partial charge < -0.3 is 11.1 Å². The van der Waals surface area contributed by atoms with Gasteiger partial charge in [0.1, 0.15) is 0 Å². The van der Waals surface area contributed by atoms with Gasteiger partial charge >= 0.3 is 0 Å². The van der Waals surface area contributed by atoms with Crippen molar-refractivity contribution in [2.24, 2.45) is 17.6 Å². The molecule has 1 heterocycles. The van der Waals surface area contributed by atoms with E-state index in [0.717, 1.165) is 17.9 Å². The van der Waals surface area contributed by atoms with E-state index in [1.54, 1.807) is 0 Å². The predicted octanol–water partition coefficient (Wildman–Crippen LogP) is 0.722. The van der Waals surface area contributed by atoms with Gasteiger partial charge in [-0.05, 0) is 37.6 Å². The largest absolute Gasteiger partial charge is 0.328 e. The molecule has 4 atom stereocenters. The molecule has 2 bridgehead atoms. The van der Waals surface area contributed by atoms with Gasteiger partial charge in [-0.3, -0.25) is 0 Å². The fraction of sp³-hybridized carbons (Fsp3) is 1.00. The fourth-order valence-corrected chi connectivity index (χ4v) is 2.67. The number of piperidine rings is 1. The second kappa shape index (κ2) is 2.76. The second-order valence-electron chi connectivity index (χ2n) is 4.20. The Labute approximate surface area is 68.5 Å². The molecule has 2 rings (SSSR count). The summed E-state index contributed by atoms with van der Waals surface area (Å²) < 4.78 is 0. The highest BCUT2D eigenvalue weighted by molar-refractivity contribution is 4.93. The maximum atomic E-state index is 5.95. The van der Waals surface area contributed by atoms with Crippen LogP contribution in [0.25, 0.3) is 0 Å². The Morgan fingerprint density at radius 2 is 2.18 bits per heavy atom. The van der Waals surface area contributed by atoms with E-state index in [4.69, 9.17) is 5.73 Å². The van der Waals surface area contributed by atoms with E-state index < -0.39 is 0 Å². The molecule has 0 aromatic heterocycles. The van der Waals surface area contributed by atoms with Crippen molar-refractivity contribution in [3.8, 4) is 0 Å². The molecule has 64 valence electrons. The lowest BCUT2D eigenvalue weighted by atomic mass is 9.71. The molecule has 0 amide bonds. The fourth-order valence-electron chi connectivity index (χ4n) is 2.67. The number of hydrogen-bond acceptors (Lipinski definition) is 2. The first-order valence-electron chi connectivity index (χ1n) is 4.76. The average Bonchev–Trinajstić information content (AvgIpc) is 1.92. The summed E-state index contributed by atoms with van der Waals surface area (Å²) >= 11 is 0. The number of rotatable bonds is 0. The van der Waals surface area contributed by atoms with Gasteiger partial charge in [0.05, 0.1) is 0 Å². The van der Waals surface area contributed by atoms with Gasteiger partial charge in [0.2, 0.25) is 0 Å². The van der Waals surface area contributed by atoms with Crippen molar-refractivity contribution in [3.63, 3.8) is 0 Å². The van der Waals surface area contributed by atoms with Gasteiger partial charge in [0.15, 0.2) is 0 Å². The maximum absolute atomic E-state index is 5.95. The summed E-state index contributed by atoms with van der Waals surface area (Å²) in [6.45, 7) is 3.58. The van der Waals surface area contributed by atoms with Crippen LogP contribution < -0.4 is 11.1 Å². The highest BCUT2D eigenvalue weighted by atomic mass is 15.0. The van der Waals surface area contributed by atoms with Crippen molar-refractivity contribution >= 4 is 0 Å². The van der Waals surface area contributed by atoms with Crippen LogP contribution in [-0.4, -0.2) is 18.6 Å². The third-order valence-electron chi connectivity index (χ3n) is 3.46. The van der Waals surface area contributed by atoms with E-state index in [9.17, 15) is 0 Å². The van der Waals surface area contributed by atoms with E-state index in [2.05, 4.69) is 12.2 Å². The molecule has 0 spiro atoms. The zero-order valence-electron chi connectivity index (χ0n) is 7.22. The summed E-state index contributed by atoms with van der Waals surface area (Å²) in [7, 11) is 0. The van der Waals surface area contributed by atoms with Crippen molar-refractivity contribution in [2.75, 3.05) is 6.54 Å². The van der Waals surface area contributed by atoms with Gasteiger partial charge in [-0.15, -0.1) is 0 Å². The van der Waals surface area contributed by atoms with Crippen LogP contribution in [0, 0.1) is 11.8 Å². The minimum Gasteiger partial charge on any atom is -0.328 e. The Morgan fingerprint density at radius 3 is 2.91 bits per heavy atom. The molecule has 1 saturated heterocycles. The van der Waals surface area contributed by atoms with Crippen LogP contribution in [0.15, 0.2) is 0 Å². The van der Waals surface area contributed by atoms with Gasteiger partial charge in [0, 0.05) is 12.1 Å². The molecule has 2 heteroatoms. The van der Waals surface area contributed by atoms with E-state index in [-0.39, 0.29) is 0 Å². The van der Waals surface area contributed by atoms with Crippen molar-refractivity contribution in [2.45, 2.75) is 38.3 Å². The van der Waals surface area contributed by atoms with Crippen LogP contribution in [0.4, 0.5) is 0 Å². The van der Waals surface area contributed by atoms with Crippen LogP contribution in [-0.2, 0) is 0 Å². The standard InChI is InChI=1S/C9H18N2/c1-6-7-2-3-11-9(6)5-8(10)4-7/h6-9,11H,2-5,10H2,1H3/t6?,7-,8+,9+/m0/s1. The van der Waals surface area contributed by atoms with Crippen molar-refractivity contribution in [1.29, 1.82) is 0 Å². The van der Waals surface area contributed by atoms with Gasteiger partial charge in [-0.1, -0.05) is 6.92 Å². The van der Waals surface area contributed by atoms with Crippen LogP contribution in [0.2, 0.25) is 0 Å². The number of hydrogen-bond donors (Lipinski definition) is 2. The van der Waals surface area contributed by atoms with Gasteiger partial charge in [-0.25, -0.2) is 0 Å². The van der Waals surface area contributed by atoms with E-state index >= 15 is 0 Å². The molecule has 3 N–H and O–H groups in total. The highest BCUT2D eigenvalue weighted by Gasteiger charge is 2.35. The molecule has 2 aliphatic rings. The lowest BCUT2D eigenvalue weighted by Gasteiger charge is -2.43. The van der Waals surface area contributed by atoms with E-state index in [0.29, 0.717) is 6.04 Å². The normalized spacial score (nSPS) is 50.7. The monoisotopic (exact) mass is 154 g/mol. The summed E-state index contributed by atoms with van der Waals surface area (Å²) in [4.78, 5) is 0. The Kier molecular flexibility index (Phi) is 1.90. The molecule has 11 heavy (non-hydrogen) atoms. The van der Waals surface area contributed by atoms with Crippen molar-refractivity contribution < 1.29 is 0 Å². The summed E-state index contributed by atoms with van der Waals surface area (Å²) in [6, 6.07) is 1.19. The maximum Gasteiger partial charge on any atom is 0.0110 e.